The predicted octanol–water partition coefficient (Wildman–Crippen LogP) is 4.63. The number of carbonyl (C=O) groups excluding carboxylic acids is 2. The van der Waals surface area contributed by atoms with Gasteiger partial charge in [-0.05, 0) is 54.8 Å². The van der Waals surface area contributed by atoms with Crippen LogP contribution < -0.4 is 14.8 Å². The van der Waals surface area contributed by atoms with Gasteiger partial charge in [0.15, 0.2) is 11.5 Å². The van der Waals surface area contributed by atoms with E-state index < -0.39 is 0 Å². The SMILES string of the molecule is COc1ccc(C=C2SC(=S)N(CCCC(=O)Nc3cccc(C)c3)C2=O)cc1OC. The van der Waals surface area contributed by atoms with Crippen LogP contribution in [0, 0.1) is 6.92 Å². The Morgan fingerprint density at radius 2 is 1.94 bits per heavy atom. The van der Waals surface area contributed by atoms with E-state index in [4.69, 9.17) is 21.7 Å². The highest BCUT2D eigenvalue weighted by Gasteiger charge is 2.31. The van der Waals surface area contributed by atoms with Gasteiger partial charge >= 0.3 is 0 Å². The van der Waals surface area contributed by atoms with Crippen molar-refractivity contribution in [3.8, 4) is 11.5 Å². The van der Waals surface area contributed by atoms with Gasteiger partial charge in [0.1, 0.15) is 4.32 Å². The average molecular weight is 457 g/mol. The van der Waals surface area contributed by atoms with Crippen molar-refractivity contribution >= 4 is 51.9 Å². The van der Waals surface area contributed by atoms with Gasteiger partial charge in [-0.3, -0.25) is 14.5 Å². The lowest BCUT2D eigenvalue weighted by Crippen LogP contribution is -2.29. The first kappa shape index (κ1) is 22.8. The third kappa shape index (κ3) is 5.86. The Morgan fingerprint density at radius 1 is 1.16 bits per heavy atom. The van der Waals surface area contributed by atoms with Crippen molar-refractivity contribution in [2.24, 2.45) is 0 Å². The number of anilines is 1. The minimum atomic E-state index is -0.149. The number of ether oxygens (including phenoxy) is 2. The molecule has 162 valence electrons. The highest BCUT2D eigenvalue weighted by atomic mass is 32.2. The zero-order valence-electron chi connectivity index (χ0n) is 17.6. The Hall–Kier alpha value is -2.84. The first-order valence-corrected chi connectivity index (χ1v) is 11.0. The maximum atomic E-state index is 12.8. The van der Waals surface area contributed by atoms with E-state index in [0.29, 0.717) is 40.1 Å². The highest BCUT2D eigenvalue weighted by Crippen LogP contribution is 2.34. The second-order valence-corrected chi connectivity index (χ2v) is 8.64. The molecule has 2 aromatic carbocycles. The van der Waals surface area contributed by atoms with Crippen LogP contribution in [0.25, 0.3) is 6.08 Å². The molecular weight excluding hydrogens is 432 g/mol. The molecule has 0 aliphatic carbocycles. The standard InChI is InChI=1S/C23H24N2O4S2/c1-15-6-4-7-17(12-15)24-21(26)8-5-11-25-22(27)20(31-23(25)30)14-16-9-10-18(28-2)19(13-16)29-3/h4,6-7,9-10,12-14H,5,8,11H2,1-3H3,(H,24,26). The van der Waals surface area contributed by atoms with Crippen LogP contribution in [0.2, 0.25) is 0 Å². The molecule has 0 bridgehead atoms. The van der Waals surface area contributed by atoms with Gasteiger partial charge < -0.3 is 14.8 Å². The maximum Gasteiger partial charge on any atom is 0.266 e. The summed E-state index contributed by atoms with van der Waals surface area (Å²) in [5.41, 5.74) is 2.67. The van der Waals surface area contributed by atoms with Gasteiger partial charge in [0.2, 0.25) is 5.91 Å². The Morgan fingerprint density at radius 3 is 2.65 bits per heavy atom. The Kier molecular flexibility index (Phi) is 7.70. The summed E-state index contributed by atoms with van der Waals surface area (Å²) in [4.78, 5) is 27.1. The minimum absolute atomic E-state index is 0.0862. The molecule has 1 aliphatic rings. The van der Waals surface area contributed by atoms with Crippen LogP contribution in [-0.2, 0) is 9.59 Å². The van der Waals surface area contributed by atoms with E-state index in [9.17, 15) is 9.59 Å². The molecule has 0 radical (unpaired) electrons. The molecule has 8 heteroatoms. The molecule has 3 rings (SSSR count). The number of methoxy groups -OCH3 is 2. The number of thioether (sulfide) groups is 1. The third-order valence-corrected chi connectivity index (χ3v) is 6.04. The number of aryl methyl sites for hydroxylation is 1. The van der Waals surface area contributed by atoms with Crippen LogP contribution in [0.1, 0.15) is 24.0 Å². The molecule has 0 aromatic heterocycles. The number of thiocarbonyl (C=S) groups is 1. The van der Waals surface area contributed by atoms with Crippen molar-refractivity contribution in [1.29, 1.82) is 0 Å². The van der Waals surface area contributed by atoms with Gasteiger partial charge in [0.05, 0.1) is 19.1 Å². The first-order valence-electron chi connectivity index (χ1n) is 9.75. The molecule has 2 aromatic rings. The average Bonchev–Trinajstić information content (AvgIpc) is 3.01. The Labute approximate surface area is 191 Å². The summed E-state index contributed by atoms with van der Waals surface area (Å²) in [5.74, 6) is 0.975. The number of hydrogen-bond acceptors (Lipinski definition) is 6. The van der Waals surface area contributed by atoms with Crippen LogP contribution in [0.5, 0.6) is 11.5 Å². The maximum absolute atomic E-state index is 12.8. The Balaban J connectivity index is 1.57. The van der Waals surface area contributed by atoms with Crippen molar-refractivity contribution in [3.05, 3.63) is 58.5 Å². The largest absolute Gasteiger partial charge is 0.493 e. The summed E-state index contributed by atoms with van der Waals surface area (Å²) in [6.45, 7) is 2.37. The predicted molar refractivity (Wildman–Crippen MR) is 128 cm³/mol. The van der Waals surface area contributed by atoms with Crippen molar-refractivity contribution in [3.63, 3.8) is 0 Å². The van der Waals surface area contributed by atoms with Crippen LogP contribution in [0.4, 0.5) is 5.69 Å². The fraction of sp³-hybridized carbons (Fsp3) is 0.261. The normalized spacial score (nSPS) is 14.8. The van der Waals surface area contributed by atoms with Crippen molar-refractivity contribution in [1.82, 2.24) is 4.90 Å². The number of nitrogens with one attached hydrogen (secondary N) is 1. The van der Waals surface area contributed by atoms with Gasteiger partial charge in [-0.1, -0.05) is 42.2 Å². The zero-order chi connectivity index (χ0) is 22.4. The van der Waals surface area contributed by atoms with E-state index in [1.807, 2.05) is 37.3 Å². The van der Waals surface area contributed by atoms with E-state index in [-0.39, 0.29) is 11.8 Å². The molecule has 1 heterocycles. The van der Waals surface area contributed by atoms with Gasteiger partial charge in [-0.2, -0.15) is 0 Å². The summed E-state index contributed by atoms with van der Waals surface area (Å²) in [6.07, 6.45) is 2.61. The van der Waals surface area contributed by atoms with Crippen molar-refractivity contribution in [2.45, 2.75) is 19.8 Å². The lowest BCUT2D eigenvalue weighted by Gasteiger charge is -2.14. The number of benzene rings is 2. The molecule has 1 N–H and O–H groups in total. The van der Waals surface area contributed by atoms with Crippen LogP contribution >= 0.6 is 24.0 Å². The summed E-state index contributed by atoms with van der Waals surface area (Å²) < 4.78 is 11.1. The Bertz CT molecular complexity index is 1040. The number of amides is 2. The molecule has 6 nitrogen and oxygen atoms in total. The second kappa shape index (κ2) is 10.5. The summed E-state index contributed by atoms with van der Waals surface area (Å²) in [6, 6.07) is 13.1. The van der Waals surface area contributed by atoms with Crippen LogP contribution in [-0.4, -0.2) is 41.8 Å². The summed E-state index contributed by atoms with van der Waals surface area (Å²) in [5, 5.41) is 2.88. The van der Waals surface area contributed by atoms with E-state index in [1.165, 1.54) is 11.8 Å². The first-order chi connectivity index (χ1) is 14.9. The van der Waals surface area contributed by atoms with Crippen molar-refractivity contribution in [2.75, 3.05) is 26.1 Å². The fourth-order valence-electron chi connectivity index (χ4n) is 3.13. The molecular formula is C23H24N2O4S2. The molecule has 0 atom stereocenters. The number of rotatable bonds is 8. The van der Waals surface area contributed by atoms with E-state index in [1.54, 1.807) is 37.3 Å². The minimum Gasteiger partial charge on any atom is -0.493 e. The van der Waals surface area contributed by atoms with E-state index >= 15 is 0 Å². The number of carbonyl (C=O) groups is 2. The summed E-state index contributed by atoms with van der Waals surface area (Å²) >= 11 is 6.64. The molecule has 1 fully saturated rings. The van der Waals surface area contributed by atoms with Crippen LogP contribution in [0.3, 0.4) is 0 Å². The monoisotopic (exact) mass is 456 g/mol. The topological polar surface area (TPSA) is 67.9 Å². The quantitative estimate of drug-likeness (QED) is 0.461. The lowest BCUT2D eigenvalue weighted by molar-refractivity contribution is -0.122. The lowest BCUT2D eigenvalue weighted by atomic mass is 10.2. The van der Waals surface area contributed by atoms with Gasteiger partial charge in [0.25, 0.3) is 5.91 Å². The zero-order valence-corrected chi connectivity index (χ0v) is 19.3. The molecule has 1 aliphatic heterocycles. The third-order valence-electron chi connectivity index (χ3n) is 4.67. The number of nitrogens with zero attached hydrogens (tertiary/aromatic N) is 1. The molecule has 0 saturated carbocycles. The highest BCUT2D eigenvalue weighted by molar-refractivity contribution is 8.26. The summed E-state index contributed by atoms with van der Waals surface area (Å²) in [7, 11) is 3.14. The fourth-order valence-corrected chi connectivity index (χ4v) is 4.44. The van der Waals surface area contributed by atoms with Gasteiger partial charge in [-0.15, -0.1) is 0 Å². The molecule has 1 saturated heterocycles. The van der Waals surface area contributed by atoms with Crippen LogP contribution in [0.15, 0.2) is 47.4 Å². The van der Waals surface area contributed by atoms with E-state index in [0.717, 1.165) is 16.8 Å². The smallest absolute Gasteiger partial charge is 0.266 e. The number of hydrogen-bond donors (Lipinski definition) is 1. The molecule has 0 unspecified atom stereocenters. The molecule has 0 spiro atoms. The van der Waals surface area contributed by atoms with Gasteiger partial charge in [0, 0.05) is 18.7 Å². The molecule has 2 amide bonds. The second-order valence-electron chi connectivity index (χ2n) is 6.97. The molecule has 31 heavy (non-hydrogen) atoms. The van der Waals surface area contributed by atoms with Gasteiger partial charge in [-0.25, -0.2) is 0 Å². The van der Waals surface area contributed by atoms with E-state index in [2.05, 4.69) is 5.32 Å². The van der Waals surface area contributed by atoms with Crippen molar-refractivity contribution < 1.29 is 19.1 Å².